The Kier molecular flexibility index (Phi) is 4.11. The van der Waals surface area contributed by atoms with Crippen molar-refractivity contribution in [3.8, 4) is 0 Å². The number of ether oxygens (including phenoxy) is 1. The van der Waals surface area contributed by atoms with E-state index in [1.54, 1.807) is 38.1 Å². The fourth-order valence-corrected chi connectivity index (χ4v) is 2.08. The van der Waals surface area contributed by atoms with Crippen molar-refractivity contribution in [2.24, 2.45) is 7.05 Å². The molecule has 0 unspecified atom stereocenters. The molecule has 22 heavy (non-hydrogen) atoms. The number of nitrogens with zero attached hydrogens (tertiary/aromatic N) is 3. The number of amides is 1. The Labute approximate surface area is 126 Å². The molecule has 0 aliphatic heterocycles. The predicted octanol–water partition coefficient (Wildman–Crippen LogP) is 2.81. The van der Waals surface area contributed by atoms with Crippen LogP contribution in [0.15, 0.2) is 36.5 Å². The summed E-state index contributed by atoms with van der Waals surface area (Å²) in [7, 11) is 1.50. The number of aromatic nitrogens is 2. The Morgan fingerprint density at radius 1 is 1.36 bits per heavy atom. The lowest BCUT2D eigenvalue weighted by Crippen LogP contribution is -2.30. The summed E-state index contributed by atoms with van der Waals surface area (Å²) in [5.41, 5.74) is -0.0591. The molecule has 116 valence electrons. The average molecular weight is 304 g/mol. The Bertz CT molecular complexity index is 694. The van der Waals surface area contributed by atoms with Gasteiger partial charge in [-0.1, -0.05) is 23.2 Å². The van der Waals surface area contributed by atoms with Gasteiger partial charge in [-0.2, -0.15) is 0 Å². The normalized spacial score (nSPS) is 11.0. The number of hydrogen-bond donors (Lipinski definition) is 1. The van der Waals surface area contributed by atoms with E-state index >= 15 is 0 Å². The van der Waals surface area contributed by atoms with Gasteiger partial charge in [0.15, 0.2) is 11.3 Å². The van der Waals surface area contributed by atoms with Gasteiger partial charge in [0.05, 0.1) is 7.05 Å². The number of carbonyl (C=O) groups is 1. The summed E-state index contributed by atoms with van der Waals surface area (Å²) in [4.78, 5) is 25.9. The lowest BCUT2D eigenvalue weighted by molar-refractivity contribution is -0.396. The highest BCUT2D eigenvalue weighted by atomic mass is 16.6. The second-order valence-corrected chi connectivity index (χ2v) is 5.15. The highest BCUT2D eigenvalue weighted by Gasteiger charge is 2.34. The van der Waals surface area contributed by atoms with Crippen LogP contribution in [-0.4, -0.2) is 20.6 Å². The number of nitrogens with one attached hydrogen (secondary N) is 1. The minimum Gasteiger partial charge on any atom is -0.435 e. The predicted molar refractivity (Wildman–Crippen MR) is 79.4 cm³/mol. The number of anilines is 1. The van der Waals surface area contributed by atoms with E-state index in [4.69, 9.17) is 4.74 Å². The Hall–Kier alpha value is -2.90. The minimum atomic E-state index is -1.07. The zero-order chi connectivity index (χ0) is 16.3. The van der Waals surface area contributed by atoms with Crippen molar-refractivity contribution in [3.63, 3.8) is 0 Å². The molecular formula is C14H16N4O4. The van der Waals surface area contributed by atoms with Gasteiger partial charge in [0.2, 0.25) is 0 Å². The molecular weight excluding hydrogens is 288 g/mol. The van der Waals surface area contributed by atoms with Crippen LogP contribution >= 0.6 is 0 Å². The molecule has 0 aliphatic rings. The van der Waals surface area contributed by atoms with Crippen molar-refractivity contribution in [3.05, 3.63) is 52.3 Å². The lowest BCUT2D eigenvalue weighted by Gasteiger charge is -2.23. The molecule has 8 heteroatoms. The third kappa shape index (κ3) is 3.22. The van der Waals surface area contributed by atoms with E-state index < -0.39 is 16.6 Å². The summed E-state index contributed by atoms with van der Waals surface area (Å²) in [6.45, 7) is 3.27. The van der Waals surface area contributed by atoms with Gasteiger partial charge in [0.25, 0.3) is 0 Å². The average Bonchev–Trinajstić information content (AvgIpc) is 2.81. The third-order valence-electron chi connectivity index (χ3n) is 3.11. The van der Waals surface area contributed by atoms with Crippen molar-refractivity contribution >= 4 is 17.7 Å². The van der Waals surface area contributed by atoms with Gasteiger partial charge in [-0.05, 0) is 30.9 Å². The van der Waals surface area contributed by atoms with Crippen LogP contribution in [0.3, 0.4) is 0 Å². The SMILES string of the molecule is Cn1c(C(C)(C)OC(=O)Nc2ccccc2)cnc1[N+](=O)[O-]. The van der Waals surface area contributed by atoms with Gasteiger partial charge in [-0.3, -0.25) is 5.32 Å². The number of nitro groups is 1. The summed E-state index contributed by atoms with van der Waals surface area (Å²) >= 11 is 0. The van der Waals surface area contributed by atoms with E-state index in [2.05, 4.69) is 10.3 Å². The van der Waals surface area contributed by atoms with Crippen molar-refractivity contribution in [2.45, 2.75) is 19.4 Å². The maximum absolute atomic E-state index is 12.0. The maximum atomic E-state index is 12.0. The van der Waals surface area contributed by atoms with E-state index in [0.717, 1.165) is 0 Å². The van der Waals surface area contributed by atoms with E-state index in [9.17, 15) is 14.9 Å². The van der Waals surface area contributed by atoms with Crippen molar-refractivity contribution in [1.82, 2.24) is 9.55 Å². The summed E-state index contributed by atoms with van der Waals surface area (Å²) in [5, 5.41) is 13.4. The molecule has 0 atom stereocenters. The number of imidazole rings is 1. The molecule has 0 saturated carbocycles. The quantitative estimate of drug-likeness (QED) is 0.691. The molecule has 0 aliphatic carbocycles. The van der Waals surface area contributed by atoms with E-state index in [1.165, 1.54) is 17.8 Å². The van der Waals surface area contributed by atoms with Crippen LogP contribution in [0.4, 0.5) is 16.4 Å². The van der Waals surface area contributed by atoms with Gasteiger partial charge in [-0.25, -0.2) is 9.36 Å². The number of hydrogen-bond acceptors (Lipinski definition) is 5. The second kappa shape index (κ2) is 5.84. The molecule has 0 saturated heterocycles. The molecule has 0 fully saturated rings. The Morgan fingerprint density at radius 3 is 2.55 bits per heavy atom. The molecule has 1 heterocycles. The van der Waals surface area contributed by atoms with Crippen LogP contribution in [0.5, 0.6) is 0 Å². The van der Waals surface area contributed by atoms with Crippen molar-refractivity contribution < 1.29 is 14.5 Å². The number of carbonyl (C=O) groups excluding carboxylic acids is 1. The summed E-state index contributed by atoms with van der Waals surface area (Å²) in [5.74, 6) is -0.310. The third-order valence-corrected chi connectivity index (χ3v) is 3.11. The molecule has 0 radical (unpaired) electrons. The fraction of sp³-hybridized carbons (Fsp3) is 0.286. The van der Waals surface area contributed by atoms with Crippen LogP contribution in [0, 0.1) is 10.1 Å². The highest BCUT2D eigenvalue weighted by molar-refractivity contribution is 5.84. The van der Waals surface area contributed by atoms with E-state index in [0.29, 0.717) is 11.4 Å². The van der Waals surface area contributed by atoms with Gasteiger partial charge < -0.3 is 14.9 Å². The number of rotatable bonds is 4. The molecule has 0 bridgehead atoms. The highest BCUT2D eigenvalue weighted by Crippen LogP contribution is 2.27. The van der Waals surface area contributed by atoms with Crippen LogP contribution in [0.25, 0.3) is 0 Å². The van der Waals surface area contributed by atoms with Gasteiger partial charge >= 0.3 is 12.0 Å². The zero-order valence-corrected chi connectivity index (χ0v) is 12.4. The standard InChI is InChI=1S/C14H16N4O4/c1-14(2,11-9-15-12(17(11)3)18(20)21)22-13(19)16-10-7-5-4-6-8-10/h4-9H,1-3H3,(H,16,19). The van der Waals surface area contributed by atoms with Crippen LogP contribution < -0.4 is 5.32 Å². The summed E-state index contributed by atoms with van der Waals surface area (Å²) in [6.07, 6.45) is 0.675. The monoisotopic (exact) mass is 304 g/mol. The number of para-hydroxylation sites is 1. The van der Waals surface area contributed by atoms with Crippen LogP contribution in [0.1, 0.15) is 19.5 Å². The summed E-state index contributed by atoms with van der Waals surface area (Å²) in [6, 6.07) is 8.85. The fourth-order valence-electron chi connectivity index (χ4n) is 2.08. The van der Waals surface area contributed by atoms with E-state index in [1.807, 2.05) is 6.07 Å². The first-order valence-electron chi connectivity index (χ1n) is 6.53. The van der Waals surface area contributed by atoms with Crippen LogP contribution in [-0.2, 0) is 17.4 Å². The minimum absolute atomic E-state index is 0.310. The molecule has 0 spiro atoms. The van der Waals surface area contributed by atoms with Crippen molar-refractivity contribution in [1.29, 1.82) is 0 Å². The molecule has 2 rings (SSSR count). The topological polar surface area (TPSA) is 99.3 Å². The largest absolute Gasteiger partial charge is 0.435 e. The lowest BCUT2D eigenvalue weighted by atomic mass is 10.1. The van der Waals surface area contributed by atoms with E-state index in [-0.39, 0.29) is 5.95 Å². The zero-order valence-electron chi connectivity index (χ0n) is 12.4. The Morgan fingerprint density at radius 2 is 2.00 bits per heavy atom. The Balaban J connectivity index is 2.14. The first-order valence-corrected chi connectivity index (χ1v) is 6.53. The van der Waals surface area contributed by atoms with Crippen LogP contribution in [0.2, 0.25) is 0 Å². The summed E-state index contributed by atoms with van der Waals surface area (Å²) < 4.78 is 6.66. The molecule has 1 amide bonds. The maximum Gasteiger partial charge on any atom is 0.434 e. The first kappa shape index (κ1) is 15.5. The second-order valence-electron chi connectivity index (χ2n) is 5.15. The first-order chi connectivity index (χ1) is 10.3. The molecule has 1 aromatic heterocycles. The van der Waals surface area contributed by atoms with Crippen molar-refractivity contribution in [2.75, 3.05) is 5.32 Å². The number of benzene rings is 1. The molecule has 1 aromatic carbocycles. The van der Waals surface area contributed by atoms with Gasteiger partial charge in [0.1, 0.15) is 6.20 Å². The smallest absolute Gasteiger partial charge is 0.434 e. The molecule has 8 nitrogen and oxygen atoms in total. The molecule has 1 N–H and O–H groups in total. The van der Waals surface area contributed by atoms with Gasteiger partial charge in [0, 0.05) is 5.69 Å². The molecule has 2 aromatic rings. The van der Waals surface area contributed by atoms with Gasteiger partial charge in [-0.15, -0.1) is 0 Å².